The highest BCUT2D eigenvalue weighted by molar-refractivity contribution is 7.14. The number of nitrogens with one attached hydrogen (secondary N) is 1. The number of aromatic nitrogens is 1. The van der Waals surface area contributed by atoms with Crippen molar-refractivity contribution in [3.8, 4) is 0 Å². The van der Waals surface area contributed by atoms with E-state index in [1.807, 2.05) is 6.07 Å². The van der Waals surface area contributed by atoms with Gasteiger partial charge in [-0.2, -0.15) is 4.89 Å². The SMILES string of the molecule is COOC(=O)c1cc(CN2CCOCC2(C)C)ccc1NC(=O)c1csc(N2CC(OC)C2)n1. The molecule has 1 amide bonds. The lowest BCUT2D eigenvalue weighted by Gasteiger charge is -2.42. The molecule has 3 heterocycles. The lowest BCUT2D eigenvalue weighted by Crippen LogP contribution is -2.52. The summed E-state index contributed by atoms with van der Waals surface area (Å²) in [4.78, 5) is 43.6. The number of hydrogen-bond donors (Lipinski definition) is 1. The second-order valence-corrected chi connectivity index (χ2v) is 9.77. The van der Waals surface area contributed by atoms with Crippen molar-refractivity contribution in [2.24, 2.45) is 0 Å². The smallest absolute Gasteiger partial charge is 0.375 e. The summed E-state index contributed by atoms with van der Waals surface area (Å²) in [7, 11) is 2.94. The third-order valence-corrected chi connectivity index (χ3v) is 6.98. The van der Waals surface area contributed by atoms with E-state index in [0.29, 0.717) is 25.4 Å². The molecular formula is C23H30N4O6S. The zero-order valence-electron chi connectivity index (χ0n) is 19.8. The second-order valence-electron chi connectivity index (χ2n) is 8.94. The van der Waals surface area contributed by atoms with Gasteiger partial charge in [0.1, 0.15) is 5.69 Å². The lowest BCUT2D eigenvalue weighted by atomic mass is 10.0. The van der Waals surface area contributed by atoms with Crippen LogP contribution >= 0.6 is 11.3 Å². The van der Waals surface area contributed by atoms with E-state index in [4.69, 9.17) is 14.4 Å². The number of carbonyl (C=O) groups is 2. The number of nitrogens with zero attached hydrogens (tertiary/aromatic N) is 3. The Morgan fingerprint density at radius 2 is 2.09 bits per heavy atom. The Hall–Kier alpha value is -2.57. The molecule has 2 saturated heterocycles. The Morgan fingerprint density at radius 3 is 2.79 bits per heavy atom. The van der Waals surface area contributed by atoms with Crippen LogP contribution in [0.1, 0.15) is 40.3 Å². The van der Waals surface area contributed by atoms with Gasteiger partial charge in [0, 0.05) is 44.2 Å². The first-order valence-corrected chi connectivity index (χ1v) is 11.9. The van der Waals surface area contributed by atoms with Gasteiger partial charge < -0.3 is 19.7 Å². The maximum Gasteiger partial charge on any atom is 0.375 e. The Morgan fingerprint density at radius 1 is 1.29 bits per heavy atom. The molecule has 11 heteroatoms. The summed E-state index contributed by atoms with van der Waals surface area (Å²) in [5, 5.41) is 5.26. The van der Waals surface area contributed by atoms with E-state index in [0.717, 1.165) is 30.3 Å². The quantitative estimate of drug-likeness (QED) is 0.442. The third kappa shape index (κ3) is 5.39. The molecule has 0 radical (unpaired) electrons. The summed E-state index contributed by atoms with van der Waals surface area (Å²) in [6, 6.07) is 5.32. The number of carbonyl (C=O) groups excluding carboxylic acids is 2. The van der Waals surface area contributed by atoms with Crippen molar-refractivity contribution in [3.63, 3.8) is 0 Å². The molecule has 0 aliphatic carbocycles. The van der Waals surface area contributed by atoms with E-state index in [9.17, 15) is 9.59 Å². The fourth-order valence-electron chi connectivity index (χ4n) is 3.94. The molecule has 34 heavy (non-hydrogen) atoms. The molecule has 0 unspecified atom stereocenters. The zero-order valence-corrected chi connectivity index (χ0v) is 20.6. The standard InChI is InChI=1S/C23H30N4O6S/c1-23(2)14-32-8-7-27(23)10-15-5-6-18(17(9-15)21(29)33-31-4)24-20(28)19-13-34-22(25-19)26-11-16(12-26)30-3/h5-6,9,13,16H,7-8,10-12,14H2,1-4H3,(H,24,28). The van der Waals surface area contributed by atoms with Crippen molar-refractivity contribution >= 4 is 34.0 Å². The molecule has 1 aromatic heterocycles. The summed E-state index contributed by atoms with van der Waals surface area (Å²) < 4.78 is 10.9. The van der Waals surface area contributed by atoms with E-state index in [1.165, 1.54) is 18.4 Å². The van der Waals surface area contributed by atoms with Gasteiger partial charge >= 0.3 is 5.97 Å². The number of ether oxygens (including phenoxy) is 2. The van der Waals surface area contributed by atoms with Gasteiger partial charge in [-0.3, -0.25) is 14.6 Å². The highest BCUT2D eigenvalue weighted by atomic mass is 32.1. The average Bonchev–Trinajstić information content (AvgIpc) is 3.25. The van der Waals surface area contributed by atoms with Gasteiger partial charge in [0.05, 0.1) is 37.7 Å². The van der Waals surface area contributed by atoms with Crippen LogP contribution in [-0.2, 0) is 25.8 Å². The van der Waals surface area contributed by atoms with Crippen LogP contribution in [0.5, 0.6) is 0 Å². The largest absolute Gasteiger partial charge is 0.378 e. The molecule has 10 nitrogen and oxygen atoms in total. The number of thiazole rings is 1. The number of amides is 1. The summed E-state index contributed by atoms with van der Waals surface area (Å²) in [5.41, 5.74) is 1.61. The van der Waals surface area contributed by atoms with Crippen LogP contribution in [0.15, 0.2) is 23.6 Å². The summed E-state index contributed by atoms with van der Waals surface area (Å²) >= 11 is 1.40. The summed E-state index contributed by atoms with van der Waals surface area (Å²) in [6.07, 6.45) is 0.192. The number of morpholine rings is 1. The normalized spacial score (nSPS) is 18.4. The molecule has 2 aromatic rings. The molecule has 2 aliphatic rings. The fraction of sp³-hybridized carbons (Fsp3) is 0.522. The van der Waals surface area contributed by atoms with Crippen molar-refractivity contribution < 1.29 is 28.8 Å². The van der Waals surface area contributed by atoms with Gasteiger partial charge in [0.15, 0.2) is 5.13 Å². The minimum atomic E-state index is -0.689. The third-order valence-electron chi connectivity index (χ3n) is 6.08. The minimum absolute atomic E-state index is 0.125. The van der Waals surface area contributed by atoms with Crippen molar-refractivity contribution in [2.45, 2.75) is 32.0 Å². The highest BCUT2D eigenvalue weighted by Gasteiger charge is 2.31. The van der Waals surface area contributed by atoms with Crippen LogP contribution in [0.25, 0.3) is 0 Å². The van der Waals surface area contributed by atoms with Crippen LogP contribution in [0, 0.1) is 0 Å². The molecule has 0 saturated carbocycles. The monoisotopic (exact) mass is 490 g/mol. The Bertz CT molecular complexity index is 1040. The fourth-order valence-corrected chi connectivity index (χ4v) is 4.76. The first-order valence-electron chi connectivity index (χ1n) is 11.1. The van der Waals surface area contributed by atoms with Crippen molar-refractivity contribution in [3.05, 3.63) is 40.4 Å². The van der Waals surface area contributed by atoms with Crippen molar-refractivity contribution in [1.82, 2.24) is 9.88 Å². The van der Waals surface area contributed by atoms with Crippen LogP contribution in [-0.4, -0.2) is 80.5 Å². The van der Waals surface area contributed by atoms with Gasteiger partial charge in [-0.15, -0.1) is 11.3 Å². The maximum atomic E-state index is 12.9. The van der Waals surface area contributed by atoms with E-state index < -0.39 is 11.9 Å². The summed E-state index contributed by atoms with van der Waals surface area (Å²) in [5.74, 6) is -1.09. The molecule has 184 valence electrons. The van der Waals surface area contributed by atoms with Gasteiger partial charge in [-0.25, -0.2) is 9.78 Å². The molecule has 2 fully saturated rings. The molecule has 1 aromatic carbocycles. The number of methoxy groups -OCH3 is 1. The van der Waals surface area contributed by atoms with E-state index >= 15 is 0 Å². The summed E-state index contributed by atoms with van der Waals surface area (Å²) in [6.45, 7) is 8.47. The average molecular weight is 491 g/mol. The van der Waals surface area contributed by atoms with E-state index in [1.54, 1.807) is 24.6 Å². The predicted molar refractivity (Wildman–Crippen MR) is 127 cm³/mol. The highest BCUT2D eigenvalue weighted by Crippen LogP contribution is 2.28. The number of rotatable bonds is 8. The molecule has 0 bridgehead atoms. The lowest BCUT2D eigenvalue weighted by molar-refractivity contribution is -0.216. The van der Waals surface area contributed by atoms with Crippen molar-refractivity contribution in [2.75, 3.05) is 57.3 Å². The van der Waals surface area contributed by atoms with Crippen molar-refractivity contribution in [1.29, 1.82) is 0 Å². The molecule has 2 aliphatic heterocycles. The van der Waals surface area contributed by atoms with Crippen LogP contribution in [0.2, 0.25) is 0 Å². The maximum absolute atomic E-state index is 12.9. The number of benzene rings is 1. The minimum Gasteiger partial charge on any atom is -0.378 e. The number of anilines is 2. The number of hydrogen-bond acceptors (Lipinski definition) is 10. The topological polar surface area (TPSA) is 102 Å². The second kappa shape index (κ2) is 10.4. The van der Waals surface area contributed by atoms with E-state index in [-0.39, 0.29) is 22.9 Å². The van der Waals surface area contributed by atoms with Crippen LogP contribution in [0.3, 0.4) is 0 Å². The molecule has 1 N–H and O–H groups in total. The van der Waals surface area contributed by atoms with Gasteiger partial charge in [-0.05, 0) is 31.5 Å². The molecule has 0 atom stereocenters. The Labute approximate surface area is 202 Å². The molecule has 0 spiro atoms. The molecule has 4 rings (SSSR count). The van der Waals surface area contributed by atoms with Crippen LogP contribution in [0.4, 0.5) is 10.8 Å². The predicted octanol–water partition coefficient (Wildman–Crippen LogP) is 2.56. The first kappa shape index (κ1) is 24.6. The van der Waals surface area contributed by atoms with Gasteiger partial charge in [0.25, 0.3) is 5.91 Å². The van der Waals surface area contributed by atoms with Gasteiger partial charge in [-0.1, -0.05) is 6.07 Å². The van der Waals surface area contributed by atoms with Crippen LogP contribution < -0.4 is 10.2 Å². The van der Waals surface area contributed by atoms with E-state index in [2.05, 4.69) is 38.8 Å². The Balaban J connectivity index is 1.50. The molecular weight excluding hydrogens is 460 g/mol. The first-order chi connectivity index (χ1) is 16.3. The Kier molecular flexibility index (Phi) is 7.48. The van der Waals surface area contributed by atoms with Gasteiger partial charge in [0.2, 0.25) is 0 Å². The zero-order chi connectivity index (χ0) is 24.3.